The zero-order valence-corrected chi connectivity index (χ0v) is 20.3. The standard InChI is InChI=1S/C25H28N2O4S2/c1-31-23(30)19-4-2-15(3-5-19)11-20-22(29)27(24(32)33-20)7-6-21(28)26-25-12-16-8-17(13-25)10-18(9-16)14-25/h2-5,11,16-18H,6-10,12-14H2,1H3,(H,26,28)/b20-11+. The highest BCUT2D eigenvalue weighted by molar-refractivity contribution is 8.26. The maximum Gasteiger partial charge on any atom is 0.337 e. The number of carbonyl (C=O) groups is 3. The van der Waals surface area contributed by atoms with Gasteiger partial charge in [-0.2, -0.15) is 0 Å². The molecule has 1 aromatic rings. The van der Waals surface area contributed by atoms with Crippen LogP contribution in [0.2, 0.25) is 0 Å². The van der Waals surface area contributed by atoms with Gasteiger partial charge in [-0.25, -0.2) is 4.79 Å². The second-order valence-corrected chi connectivity index (χ2v) is 11.6. The van der Waals surface area contributed by atoms with Crippen molar-refractivity contribution in [2.75, 3.05) is 13.7 Å². The Morgan fingerprint density at radius 1 is 1.15 bits per heavy atom. The van der Waals surface area contributed by atoms with E-state index in [1.807, 2.05) is 0 Å². The molecule has 0 radical (unpaired) electrons. The number of esters is 1. The highest BCUT2D eigenvalue weighted by Crippen LogP contribution is 2.55. The van der Waals surface area contributed by atoms with E-state index in [-0.39, 0.29) is 23.8 Å². The molecule has 33 heavy (non-hydrogen) atoms. The van der Waals surface area contributed by atoms with Crippen molar-refractivity contribution < 1.29 is 19.1 Å². The number of benzene rings is 1. The average molecular weight is 485 g/mol. The summed E-state index contributed by atoms with van der Waals surface area (Å²) in [5, 5.41) is 3.37. The number of hydrogen-bond acceptors (Lipinski definition) is 6. The lowest BCUT2D eigenvalue weighted by atomic mass is 9.53. The van der Waals surface area contributed by atoms with Crippen molar-refractivity contribution in [2.24, 2.45) is 17.8 Å². The molecule has 1 aliphatic heterocycles. The van der Waals surface area contributed by atoms with Crippen LogP contribution in [-0.4, -0.2) is 46.2 Å². The number of ether oxygens (including phenoxy) is 1. The van der Waals surface area contributed by atoms with Gasteiger partial charge in [-0.3, -0.25) is 14.5 Å². The smallest absolute Gasteiger partial charge is 0.337 e. The first-order valence-electron chi connectivity index (χ1n) is 11.6. The van der Waals surface area contributed by atoms with Crippen LogP contribution < -0.4 is 5.32 Å². The summed E-state index contributed by atoms with van der Waals surface area (Å²) in [6.45, 7) is 0.293. The lowest BCUT2D eigenvalue weighted by Crippen LogP contribution is -2.60. The predicted octanol–water partition coefficient (Wildman–Crippen LogP) is 4.15. The Bertz CT molecular complexity index is 998. The largest absolute Gasteiger partial charge is 0.465 e. The number of thiocarbonyl (C=S) groups is 1. The summed E-state index contributed by atoms with van der Waals surface area (Å²) < 4.78 is 5.18. The Labute approximate surface area is 203 Å². The normalized spacial score (nSPS) is 31.4. The van der Waals surface area contributed by atoms with Crippen molar-refractivity contribution in [1.29, 1.82) is 0 Å². The highest BCUT2D eigenvalue weighted by atomic mass is 32.2. The van der Waals surface area contributed by atoms with E-state index in [0.717, 1.165) is 42.6 Å². The molecule has 0 unspecified atom stereocenters. The molecule has 0 aromatic heterocycles. The quantitative estimate of drug-likeness (QED) is 0.371. The maximum atomic E-state index is 12.9. The minimum atomic E-state index is -0.403. The molecular weight excluding hydrogens is 456 g/mol. The minimum Gasteiger partial charge on any atom is -0.465 e. The summed E-state index contributed by atoms with van der Waals surface area (Å²) in [5.74, 6) is 1.76. The number of hydrogen-bond donors (Lipinski definition) is 1. The van der Waals surface area contributed by atoms with Gasteiger partial charge in [0.1, 0.15) is 4.32 Å². The predicted molar refractivity (Wildman–Crippen MR) is 131 cm³/mol. The number of carbonyl (C=O) groups excluding carboxylic acids is 3. The number of amides is 2. The Balaban J connectivity index is 1.18. The highest BCUT2D eigenvalue weighted by Gasteiger charge is 2.51. The van der Waals surface area contributed by atoms with Gasteiger partial charge in [-0.05, 0) is 80.1 Å². The van der Waals surface area contributed by atoms with Crippen molar-refractivity contribution in [2.45, 2.75) is 50.5 Å². The van der Waals surface area contributed by atoms with Crippen LogP contribution >= 0.6 is 24.0 Å². The van der Waals surface area contributed by atoms with E-state index in [1.54, 1.807) is 30.3 Å². The first kappa shape index (κ1) is 22.6. The van der Waals surface area contributed by atoms with Crippen LogP contribution in [0.25, 0.3) is 6.08 Å². The monoisotopic (exact) mass is 484 g/mol. The van der Waals surface area contributed by atoms with Crippen LogP contribution in [0, 0.1) is 17.8 Å². The molecule has 8 heteroatoms. The molecule has 0 atom stereocenters. The van der Waals surface area contributed by atoms with Crippen molar-refractivity contribution in [1.82, 2.24) is 10.2 Å². The zero-order valence-electron chi connectivity index (χ0n) is 18.7. The summed E-state index contributed by atoms with van der Waals surface area (Å²) in [5.41, 5.74) is 1.23. The lowest BCUT2D eigenvalue weighted by molar-refractivity contribution is -0.127. The molecule has 2 amide bonds. The number of rotatable bonds is 6. The van der Waals surface area contributed by atoms with Gasteiger partial charge in [0.05, 0.1) is 17.6 Å². The third kappa shape index (κ3) is 4.60. The Morgan fingerprint density at radius 3 is 2.33 bits per heavy atom. The molecule has 1 N–H and O–H groups in total. The van der Waals surface area contributed by atoms with Crippen molar-refractivity contribution >= 4 is 52.2 Å². The van der Waals surface area contributed by atoms with E-state index < -0.39 is 5.97 Å². The first-order valence-corrected chi connectivity index (χ1v) is 12.8. The van der Waals surface area contributed by atoms with Gasteiger partial charge >= 0.3 is 5.97 Å². The molecule has 5 aliphatic rings. The number of nitrogens with one attached hydrogen (secondary N) is 1. The Morgan fingerprint density at radius 2 is 1.76 bits per heavy atom. The summed E-state index contributed by atoms with van der Waals surface area (Å²) >= 11 is 6.66. The van der Waals surface area contributed by atoms with Gasteiger partial charge in [0.25, 0.3) is 5.91 Å². The summed E-state index contributed by atoms with van der Waals surface area (Å²) in [4.78, 5) is 39.4. The fraction of sp³-hybridized carbons (Fsp3) is 0.520. The summed E-state index contributed by atoms with van der Waals surface area (Å²) in [6, 6.07) is 6.84. The molecule has 5 fully saturated rings. The molecule has 1 saturated heterocycles. The van der Waals surface area contributed by atoms with E-state index in [9.17, 15) is 14.4 Å². The molecule has 6 rings (SSSR count). The molecule has 174 valence electrons. The molecule has 6 nitrogen and oxygen atoms in total. The minimum absolute atomic E-state index is 0.0163. The maximum absolute atomic E-state index is 12.9. The van der Waals surface area contributed by atoms with Gasteiger partial charge < -0.3 is 10.1 Å². The van der Waals surface area contributed by atoms with Gasteiger partial charge in [-0.15, -0.1) is 0 Å². The Hall–Kier alpha value is -2.19. The fourth-order valence-electron chi connectivity index (χ4n) is 6.51. The molecule has 4 aliphatic carbocycles. The molecule has 1 aromatic carbocycles. The van der Waals surface area contributed by atoms with E-state index in [1.165, 1.54) is 43.0 Å². The number of thioether (sulfide) groups is 1. The molecular formula is C25H28N2O4S2. The lowest BCUT2D eigenvalue weighted by Gasteiger charge is -2.57. The van der Waals surface area contributed by atoms with Crippen LogP contribution in [0.3, 0.4) is 0 Å². The first-order chi connectivity index (χ1) is 15.8. The second kappa shape index (κ2) is 8.87. The van der Waals surface area contributed by atoms with Crippen molar-refractivity contribution in [3.05, 3.63) is 40.3 Å². The van der Waals surface area contributed by atoms with Gasteiger partial charge in [0.15, 0.2) is 0 Å². The molecule has 0 spiro atoms. The van der Waals surface area contributed by atoms with Gasteiger partial charge in [0, 0.05) is 18.5 Å². The summed E-state index contributed by atoms with van der Waals surface area (Å²) in [6.07, 6.45) is 9.37. The molecule has 1 heterocycles. The summed E-state index contributed by atoms with van der Waals surface area (Å²) in [7, 11) is 1.34. The number of nitrogens with zero attached hydrogens (tertiary/aromatic N) is 1. The third-order valence-electron chi connectivity index (χ3n) is 7.51. The van der Waals surface area contributed by atoms with E-state index in [4.69, 9.17) is 17.0 Å². The van der Waals surface area contributed by atoms with Crippen LogP contribution in [0.5, 0.6) is 0 Å². The van der Waals surface area contributed by atoms with Crippen molar-refractivity contribution in [3.63, 3.8) is 0 Å². The van der Waals surface area contributed by atoms with Crippen molar-refractivity contribution in [3.8, 4) is 0 Å². The average Bonchev–Trinajstić information content (AvgIpc) is 3.03. The van der Waals surface area contributed by atoms with E-state index in [0.29, 0.717) is 21.3 Å². The second-order valence-electron chi connectivity index (χ2n) is 9.94. The fourth-order valence-corrected chi connectivity index (χ4v) is 7.82. The van der Waals surface area contributed by atoms with Crippen LogP contribution in [0.1, 0.15) is 60.9 Å². The van der Waals surface area contributed by atoms with E-state index in [2.05, 4.69) is 5.32 Å². The number of methoxy groups -OCH3 is 1. The van der Waals surface area contributed by atoms with Crippen LogP contribution in [0.4, 0.5) is 0 Å². The Kier molecular flexibility index (Phi) is 6.07. The van der Waals surface area contributed by atoms with E-state index >= 15 is 0 Å². The SMILES string of the molecule is COC(=O)c1ccc(/C=C2/SC(=S)N(CCC(=O)NC34CC5CC(CC(C5)C3)C4)C2=O)cc1. The van der Waals surface area contributed by atoms with Crippen LogP contribution in [-0.2, 0) is 14.3 Å². The van der Waals surface area contributed by atoms with Gasteiger partial charge in [0.2, 0.25) is 5.91 Å². The van der Waals surface area contributed by atoms with Crippen LogP contribution in [0.15, 0.2) is 29.2 Å². The molecule has 4 saturated carbocycles. The van der Waals surface area contributed by atoms with Gasteiger partial charge in [-0.1, -0.05) is 36.1 Å². The topological polar surface area (TPSA) is 75.7 Å². The molecule has 4 bridgehead atoms. The zero-order chi connectivity index (χ0) is 23.2. The third-order valence-corrected chi connectivity index (χ3v) is 8.89.